The molecule has 2 aromatic rings. The number of aromatic nitrogens is 1. The molecule has 1 N–H and O–H groups in total. The number of nitrogens with one attached hydrogen (secondary N) is 1. The Balaban J connectivity index is 1.54. The van der Waals surface area contributed by atoms with Gasteiger partial charge in [0.15, 0.2) is 0 Å². The second-order valence-electron chi connectivity index (χ2n) is 6.00. The fourth-order valence-corrected chi connectivity index (χ4v) is 2.69. The smallest absolute Gasteiger partial charge is 0.223 e. The van der Waals surface area contributed by atoms with Crippen molar-refractivity contribution in [3.63, 3.8) is 0 Å². The van der Waals surface area contributed by atoms with Crippen molar-refractivity contribution in [3.8, 4) is 5.75 Å². The maximum atomic E-state index is 12.2. The molecule has 1 saturated carbocycles. The van der Waals surface area contributed by atoms with Gasteiger partial charge in [0.25, 0.3) is 0 Å². The van der Waals surface area contributed by atoms with Crippen LogP contribution in [0.5, 0.6) is 5.75 Å². The highest BCUT2D eigenvalue weighted by Crippen LogP contribution is 2.41. The van der Waals surface area contributed by atoms with E-state index in [0.29, 0.717) is 18.9 Å². The van der Waals surface area contributed by atoms with E-state index in [-0.39, 0.29) is 11.9 Å². The highest BCUT2D eigenvalue weighted by Gasteiger charge is 2.34. The van der Waals surface area contributed by atoms with Crippen LogP contribution in [-0.2, 0) is 4.79 Å². The Labute approximate surface area is 136 Å². The van der Waals surface area contributed by atoms with Gasteiger partial charge in [-0.1, -0.05) is 24.3 Å². The third-order valence-electron chi connectivity index (χ3n) is 4.10. The first kappa shape index (κ1) is 15.5. The Morgan fingerprint density at radius 2 is 2.04 bits per heavy atom. The Morgan fingerprint density at radius 1 is 1.26 bits per heavy atom. The number of ether oxygens (including phenoxy) is 1. The first-order valence-corrected chi connectivity index (χ1v) is 8.13. The second-order valence-corrected chi connectivity index (χ2v) is 6.00. The molecular weight excluding hydrogens is 288 g/mol. The van der Waals surface area contributed by atoms with Gasteiger partial charge >= 0.3 is 0 Å². The van der Waals surface area contributed by atoms with Crippen molar-refractivity contribution in [3.05, 3.63) is 59.9 Å². The fourth-order valence-electron chi connectivity index (χ4n) is 2.69. The van der Waals surface area contributed by atoms with Crippen LogP contribution in [0.2, 0.25) is 0 Å². The maximum absolute atomic E-state index is 12.2. The average molecular weight is 310 g/mol. The summed E-state index contributed by atoms with van der Waals surface area (Å²) in [5.74, 6) is 1.32. The molecule has 1 unspecified atom stereocenters. The van der Waals surface area contributed by atoms with E-state index in [2.05, 4.69) is 10.3 Å². The number of carbonyl (C=O) groups is 1. The third kappa shape index (κ3) is 4.31. The van der Waals surface area contributed by atoms with Crippen molar-refractivity contribution in [1.29, 1.82) is 0 Å². The zero-order valence-electron chi connectivity index (χ0n) is 13.4. The van der Waals surface area contributed by atoms with E-state index in [0.717, 1.165) is 29.8 Å². The molecule has 0 aliphatic heterocycles. The highest BCUT2D eigenvalue weighted by molar-refractivity contribution is 5.76. The lowest BCUT2D eigenvalue weighted by Gasteiger charge is -2.19. The summed E-state index contributed by atoms with van der Waals surface area (Å²) in [5.41, 5.74) is 2.12. The molecule has 0 bridgehead atoms. The van der Waals surface area contributed by atoms with Gasteiger partial charge in [-0.15, -0.1) is 0 Å². The molecule has 1 aliphatic carbocycles. The number of rotatable bonds is 7. The zero-order valence-corrected chi connectivity index (χ0v) is 13.4. The molecule has 0 saturated heterocycles. The molecule has 0 radical (unpaired) electrons. The average Bonchev–Trinajstić information content (AvgIpc) is 3.39. The highest BCUT2D eigenvalue weighted by atomic mass is 16.5. The third-order valence-corrected chi connectivity index (χ3v) is 4.10. The minimum atomic E-state index is 0.0166. The van der Waals surface area contributed by atoms with E-state index < -0.39 is 0 Å². The van der Waals surface area contributed by atoms with Gasteiger partial charge in [0, 0.05) is 6.20 Å². The van der Waals surface area contributed by atoms with E-state index in [1.807, 2.05) is 49.4 Å². The molecule has 120 valence electrons. The molecule has 1 aliphatic rings. The summed E-state index contributed by atoms with van der Waals surface area (Å²) < 4.78 is 5.59. The largest absolute Gasteiger partial charge is 0.493 e. The van der Waals surface area contributed by atoms with E-state index in [4.69, 9.17) is 4.74 Å². The maximum Gasteiger partial charge on any atom is 0.223 e. The van der Waals surface area contributed by atoms with Gasteiger partial charge in [0.05, 0.1) is 24.8 Å². The Kier molecular flexibility index (Phi) is 4.91. The molecule has 0 spiro atoms. The van der Waals surface area contributed by atoms with Crippen molar-refractivity contribution in [2.75, 3.05) is 6.61 Å². The fraction of sp³-hybridized carbons (Fsp3) is 0.368. The van der Waals surface area contributed by atoms with Crippen molar-refractivity contribution in [1.82, 2.24) is 10.3 Å². The van der Waals surface area contributed by atoms with Crippen LogP contribution in [-0.4, -0.2) is 17.5 Å². The molecule has 1 aromatic carbocycles. The lowest BCUT2D eigenvalue weighted by atomic mass is 10.0. The first-order chi connectivity index (χ1) is 11.2. The van der Waals surface area contributed by atoms with Crippen LogP contribution in [0, 0.1) is 12.8 Å². The summed E-state index contributed by atoms with van der Waals surface area (Å²) in [5, 5.41) is 3.14. The molecule has 23 heavy (non-hydrogen) atoms. The number of pyridine rings is 1. The van der Waals surface area contributed by atoms with E-state index >= 15 is 0 Å². The summed E-state index contributed by atoms with van der Waals surface area (Å²) in [6.45, 7) is 2.43. The molecule has 4 heteroatoms. The van der Waals surface area contributed by atoms with E-state index in [1.165, 1.54) is 0 Å². The van der Waals surface area contributed by atoms with Gasteiger partial charge in [-0.05, 0) is 49.4 Å². The van der Waals surface area contributed by atoms with Crippen LogP contribution < -0.4 is 10.1 Å². The molecule has 3 rings (SSSR count). The topological polar surface area (TPSA) is 51.2 Å². The number of carbonyl (C=O) groups excluding carboxylic acids is 1. The van der Waals surface area contributed by atoms with Gasteiger partial charge in [-0.25, -0.2) is 0 Å². The summed E-state index contributed by atoms with van der Waals surface area (Å²) >= 11 is 0. The van der Waals surface area contributed by atoms with Crippen LogP contribution >= 0.6 is 0 Å². The summed E-state index contributed by atoms with van der Waals surface area (Å²) in [6.07, 6.45) is 4.45. The first-order valence-electron chi connectivity index (χ1n) is 8.13. The van der Waals surface area contributed by atoms with Crippen LogP contribution in [0.4, 0.5) is 0 Å². The number of amides is 1. The van der Waals surface area contributed by atoms with Gasteiger partial charge in [-0.2, -0.15) is 0 Å². The molecule has 1 aromatic heterocycles. The predicted molar refractivity (Wildman–Crippen MR) is 89.1 cm³/mol. The standard InChI is InChI=1S/C19H22N2O2/c1-14-6-5-12-20-18(14)19(15-9-10-15)21-17(22)11-13-23-16-7-3-2-4-8-16/h2-8,12,15,19H,9-11,13H2,1H3,(H,21,22). The lowest BCUT2D eigenvalue weighted by Crippen LogP contribution is -2.31. The Morgan fingerprint density at radius 3 is 2.74 bits per heavy atom. The molecule has 1 fully saturated rings. The van der Waals surface area contributed by atoms with Crippen molar-refractivity contribution >= 4 is 5.91 Å². The van der Waals surface area contributed by atoms with Crippen LogP contribution in [0.3, 0.4) is 0 Å². The number of benzene rings is 1. The normalized spacial score (nSPS) is 15.0. The van der Waals surface area contributed by atoms with Crippen molar-refractivity contribution in [2.24, 2.45) is 5.92 Å². The number of aryl methyl sites for hydroxylation is 1. The molecule has 4 nitrogen and oxygen atoms in total. The van der Waals surface area contributed by atoms with Crippen LogP contribution in [0.25, 0.3) is 0 Å². The summed E-state index contributed by atoms with van der Waals surface area (Å²) in [4.78, 5) is 16.7. The molecular formula is C19H22N2O2. The second kappa shape index (κ2) is 7.27. The van der Waals surface area contributed by atoms with Crippen molar-refractivity contribution < 1.29 is 9.53 Å². The van der Waals surface area contributed by atoms with Crippen LogP contribution in [0.15, 0.2) is 48.7 Å². The monoisotopic (exact) mass is 310 g/mol. The van der Waals surface area contributed by atoms with Gasteiger partial charge in [-0.3, -0.25) is 9.78 Å². The molecule has 1 heterocycles. The van der Waals surface area contributed by atoms with Gasteiger partial charge in [0.2, 0.25) is 5.91 Å². The number of hydrogen-bond donors (Lipinski definition) is 1. The quantitative estimate of drug-likeness (QED) is 0.852. The van der Waals surface area contributed by atoms with Gasteiger partial charge < -0.3 is 10.1 Å². The van der Waals surface area contributed by atoms with Crippen molar-refractivity contribution in [2.45, 2.75) is 32.2 Å². The summed E-state index contributed by atoms with van der Waals surface area (Å²) in [7, 11) is 0. The Hall–Kier alpha value is -2.36. The predicted octanol–water partition coefficient (Wildman–Crippen LogP) is 3.43. The van der Waals surface area contributed by atoms with Crippen LogP contribution in [0.1, 0.15) is 36.6 Å². The van der Waals surface area contributed by atoms with E-state index in [1.54, 1.807) is 6.20 Å². The number of para-hydroxylation sites is 1. The Bertz CT molecular complexity index is 653. The molecule has 1 amide bonds. The SMILES string of the molecule is Cc1cccnc1C(NC(=O)CCOc1ccccc1)C1CC1. The summed E-state index contributed by atoms with van der Waals surface area (Å²) in [6, 6.07) is 13.6. The molecule has 1 atom stereocenters. The number of nitrogens with zero attached hydrogens (tertiary/aromatic N) is 1. The lowest BCUT2D eigenvalue weighted by molar-refractivity contribution is -0.122. The minimum Gasteiger partial charge on any atom is -0.493 e. The number of hydrogen-bond acceptors (Lipinski definition) is 3. The van der Waals surface area contributed by atoms with E-state index in [9.17, 15) is 4.79 Å². The zero-order chi connectivity index (χ0) is 16.1. The minimum absolute atomic E-state index is 0.0166. The van der Waals surface area contributed by atoms with Gasteiger partial charge in [0.1, 0.15) is 5.75 Å².